The van der Waals surface area contributed by atoms with Gasteiger partial charge in [-0.2, -0.15) is 4.52 Å². The molecule has 0 unspecified atom stereocenters. The highest BCUT2D eigenvalue weighted by molar-refractivity contribution is 5.58. The second-order valence-corrected chi connectivity index (χ2v) is 5.57. The van der Waals surface area contributed by atoms with Crippen molar-refractivity contribution in [3.8, 4) is 11.4 Å². The first-order valence-electron chi connectivity index (χ1n) is 7.19. The Morgan fingerprint density at radius 2 is 2.14 bits per heavy atom. The van der Waals surface area contributed by atoms with Crippen molar-refractivity contribution in [1.29, 1.82) is 0 Å². The van der Waals surface area contributed by atoms with Gasteiger partial charge in [-0.15, -0.1) is 15.3 Å². The fourth-order valence-electron chi connectivity index (χ4n) is 2.77. The van der Waals surface area contributed by atoms with Gasteiger partial charge in [-0.05, 0) is 36.6 Å². The van der Waals surface area contributed by atoms with Gasteiger partial charge in [0.25, 0.3) is 0 Å². The quantitative estimate of drug-likeness (QED) is 0.719. The summed E-state index contributed by atoms with van der Waals surface area (Å²) in [5.41, 5.74) is 1.68. The van der Waals surface area contributed by atoms with Crippen LogP contribution in [0.3, 0.4) is 0 Å². The summed E-state index contributed by atoms with van der Waals surface area (Å²) in [7, 11) is 0. The van der Waals surface area contributed by atoms with Crippen molar-refractivity contribution in [3.05, 3.63) is 36.7 Å². The van der Waals surface area contributed by atoms with E-state index >= 15 is 0 Å². The molecule has 3 aromatic heterocycles. The van der Waals surface area contributed by atoms with Crippen LogP contribution in [0.15, 0.2) is 36.7 Å². The minimum absolute atomic E-state index is 0.723. The Morgan fingerprint density at radius 3 is 2.90 bits per heavy atom. The third kappa shape index (κ3) is 2.12. The van der Waals surface area contributed by atoms with Crippen LogP contribution in [-0.2, 0) is 0 Å². The lowest BCUT2D eigenvalue weighted by Crippen LogP contribution is -2.21. The van der Waals surface area contributed by atoms with E-state index in [9.17, 15) is 0 Å². The molecule has 4 rings (SSSR count). The standard InChI is InChI=1S/C15H16N6/c1-11-6-8-20(10-11)14-5-4-13-17-18-15(21(13)19-14)12-3-2-7-16-9-12/h2-5,7,9,11H,6,8,10H2,1H3/t11-/m1/s1. The van der Waals surface area contributed by atoms with Crippen LogP contribution in [0, 0.1) is 5.92 Å². The van der Waals surface area contributed by atoms with Gasteiger partial charge in [0.2, 0.25) is 0 Å². The van der Waals surface area contributed by atoms with Crippen molar-refractivity contribution in [1.82, 2.24) is 24.8 Å². The van der Waals surface area contributed by atoms with Gasteiger partial charge in [-0.1, -0.05) is 6.92 Å². The maximum Gasteiger partial charge on any atom is 0.187 e. The molecule has 4 heterocycles. The zero-order valence-electron chi connectivity index (χ0n) is 11.8. The van der Waals surface area contributed by atoms with E-state index in [1.807, 2.05) is 24.3 Å². The SMILES string of the molecule is C[C@@H]1CCN(c2ccc3nnc(-c4cccnc4)n3n2)C1. The number of nitrogens with zero attached hydrogens (tertiary/aromatic N) is 6. The average molecular weight is 280 g/mol. The minimum Gasteiger partial charge on any atom is -0.355 e. The molecule has 0 aliphatic carbocycles. The number of aromatic nitrogens is 5. The summed E-state index contributed by atoms with van der Waals surface area (Å²) < 4.78 is 1.80. The summed E-state index contributed by atoms with van der Waals surface area (Å²) in [5, 5.41) is 13.1. The van der Waals surface area contributed by atoms with E-state index in [1.165, 1.54) is 6.42 Å². The van der Waals surface area contributed by atoms with Crippen molar-refractivity contribution >= 4 is 11.5 Å². The van der Waals surface area contributed by atoms with Crippen molar-refractivity contribution < 1.29 is 0 Å². The molecule has 6 heteroatoms. The monoisotopic (exact) mass is 280 g/mol. The molecule has 0 spiro atoms. The first-order valence-corrected chi connectivity index (χ1v) is 7.19. The van der Waals surface area contributed by atoms with Crippen LogP contribution in [0.5, 0.6) is 0 Å². The first kappa shape index (κ1) is 12.3. The van der Waals surface area contributed by atoms with Crippen LogP contribution < -0.4 is 4.90 Å². The highest BCUT2D eigenvalue weighted by Gasteiger charge is 2.21. The molecule has 1 atom stereocenters. The van der Waals surface area contributed by atoms with Crippen molar-refractivity contribution in [2.24, 2.45) is 5.92 Å². The Labute approximate surface area is 122 Å². The highest BCUT2D eigenvalue weighted by Crippen LogP contribution is 2.23. The molecule has 0 radical (unpaired) electrons. The van der Waals surface area contributed by atoms with Gasteiger partial charge in [-0.25, -0.2) is 0 Å². The van der Waals surface area contributed by atoms with E-state index in [2.05, 4.69) is 27.0 Å². The number of hydrogen-bond donors (Lipinski definition) is 0. The zero-order chi connectivity index (χ0) is 14.2. The molecule has 0 bridgehead atoms. The molecule has 0 aromatic carbocycles. The maximum absolute atomic E-state index is 4.72. The van der Waals surface area contributed by atoms with Gasteiger partial charge < -0.3 is 4.90 Å². The molecule has 106 valence electrons. The molecule has 0 N–H and O–H groups in total. The number of fused-ring (bicyclic) bond motifs is 1. The van der Waals surface area contributed by atoms with Crippen LogP contribution in [-0.4, -0.2) is 37.9 Å². The van der Waals surface area contributed by atoms with E-state index in [0.717, 1.165) is 41.9 Å². The van der Waals surface area contributed by atoms with Crippen molar-refractivity contribution in [2.45, 2.75) is 13.3 Å². The molecule has 1 fully saturated rings. The molecule has 1 aliphatic rings. The van der Waals surface area contributed by atoms with Gasteiger partial charge in [0.15, 0.2) is 11.5 Å². The lowest BCUT2D eigenvalue weighted by atomic mass is 10.2. The number of rotatable bonds is 2. The zero-order valence-corrected chi connectivity index (χ0v) is 11.8. The van der Waals surface area contributed by atoms with Crippen LogP contribution in [0.2, 0.25) is 0 Å². The summed E-state index contributed by atoms with van der Waals surface area (Å²) >= 11 is 0. The fourth-order valence-corrected chi connectivity index (χ4v) is 2.77. The van der Waals surface area contributed by atoms with E-state index in [1.54, 1.807) is 16.9 Å². The van der Waals surface area contributed by atoms with E-state index in [0.29, 0.717) is 0 Å². The summed E-state index contributed by atoms with van der Waals surface area (Å²) in [6.45, 7) is 4.39. The van der Waals surface area contributed by atoms with E-state index in [4.69, 9.17) is 5.10 Å². The maximum atomic E-state index is 4.72. The lowest BCUT2D eigenvalue weighted by molar-refractivity contribution is 0.658. The number of pyridine rings is 1. The largest absolute Gasteiger partial charge is 0.355 e. The molecule has 6 nitrogen and oxygen atoms in total. The van der Waals surface area contributed by atoms with Gasteiger partial charge in [0, 0.05) is 31.0 Å². The minimum atomic E-state index is 0.723. The van der Waals surface area contributed by atoms with Crippen LogP contribution in [0.4, 0.5) is 5.82 Å². The Balaban J connectivity index is 1.79. The first-order chi connectivity index (χ1) is 10.3. The van der Waals surface area contributed by atoms with E-state index < -0.39 is 0 Å². The van der Waals surface area contributed by atoms with Gasteiger partial charge in [-0.3, -0.25) is 4.98 Å². The fraction of sp³-hybridized carbons (Fsp3) is 0.333. The van der Waals surface area contributed by atoms with Crippen LogP contribution in [0.25, 0.3) is 17.0 Å². The summed E-state index contributed by atoms with van der Waals surface area (Å²) in [6, 6.07) is 7.85. The Bertz CT molecular complexity index is 766. The normalized spacial score (nSPS) is 18.5. The van der Waals surface area contributed by atoms with Gasteiger partial charge >= 0.3 is 0 Å². The van der Waals surface area contributed by atoms with Crippen LogP contribution in [0.1, 0.15) is 13.3 Å². The lowest BCUT2D eigenvalue weighted by Gasteiger charge is -2.16. The van der Waals surface area contributed by atoms with E-state index in [-0.39, 0.29) is 0 Å². The molecular weight excluding hydrogens is 264 g/mol. The molecule has 3 aromatic rings. The Kier molecular flexibility index (Phi) is 2.80. The molecule has 21 heavy (non-hydrogen) atoms. The smallest absolute Gasteiger partial charge is 0.187 e. The molecule has 1 aliphatic heterocycles. The summed E-state index contributed by atoms with van der Waals surface area (Å²) in [4.78, 5) is 6.45. The molecule has 0 saturated carbocycles. The third-order valence-electron chi connectivity index (χ3n) is 3.92. The van der Waals surface area contributed by atoms with Crippen molar-refractivity contribution in [3.63, 3.8) is 0 Å². The number of hydrogen-bond acceptors (Lipinski definition) is 5. The summed E-state index contributed by atoms with van der Waals surface area (Å²) in [5.74, 6) is 2.44. The Morgan fingerprint density at radius 1 is 1.19 bits per heavy atom. The summed E-state index contributed by atoms with van der Waals surface area (Å²) in [6.07, 6.45) is 4.75. The van der Waals surface area contributed by atoms with Crippen molar-refractivity contribution in [2.75, 3.05) is 18.0 Å². The molecule has 1 saturated heterocycles. The average Bonchev–Trinajstić information content (AvgIpc) is 3.13. The second-order valence-electron chi connectivity index (χ2n) is 5.57. The molecule has 0 amide bonds. The number of anilines is 1. The van der Waals surface area contributed by atoms with Gasteiger partial charge in [0.1, 0.15) is 5.82 Å². The van der Waals surface area contributed by atoms with Crippen LogP contribution >= 0.6 is 0 Å². The third-order valence-corrected chi connectivity index (χ3v) is 3.92. The highest BCUT2D eigenvalue weighted by atomic mass is 15.4. The van der Waals surface area contributed by atoms with Gasteiger partial charge in [0.05, 0.1) is 0 Å². The predicted molar refractivity (Wildman–Crippen MR) is 80.0 cm³/mol. The Hall–Kier alpha value is -2.50. The molecular formula is C15H16N6. The second kappa shape index (κ2) is 4.80. The predicted octanol–water partition coefficient (Wildman–Crippen LogP) is 2.03. The topological polar surface area (TPSA) is 59.2 Å².